The summed E-state index contributed by atoms with van der Waals surface area (Å²) in [5, 5.41) is 2.95. The Bertz CT molecular complexity index is 478. The van der Waals surface area contributed by atoms with Crippen molar-refractivity contribution < 1.29 is 14.3 Å². The van der Waals surface area contributed by atoms with Crippen LogP contribution < -0.4 is 14.8 Å². The van der Waals surface area contributed by atoms with Gasteiger partial charge in [0.15, 0.2) is 5.60 Å². The molecule has 4 heteroatoms. The molecule has 1 fully saturated rings. The predicted molar refractivity (Wildman–Crippen MR) is 68.1 cm³/mol. The molecule has 1 heterocycles. The van der Waals surface area contributed by atoms with E-state index in [1.807, 2.05) is 12.1 Å². The molecule has 1 aromatic rings. The van der Waals surface area contributed by atoms with Crippen molar-refractivity contribution in [3.8, 4) is 11.5 Å². The van der Waals surface area contributed by atoms with Crippen LogP contribution in [0.5, 0.6) is 11.5 Å². The molecule has 0 bridgehead atoms. The minimum Gasteiger partial charge on any atom is -0.497 e. The summed E-state index contributed by atoms with van der Waals surface area (Å²) < 4.78 is 11.2. The monoisotopic (exact) mass is 247 g/mol. The Morgan fingerprint density at radius 2 is 2.06 bits per heavy atom. The van der Waals surface area contributed by atoms with E-state index in [0.717, 1.165) is 37.2 Å². The van der Waals surface area contributed by atoms with Crippen molar-refractivity contribution in [3.63, 3.8) is 0 Å². The normalized spacial score (nSPS) is 20.8. The molecule has 0 saturated heterocycles. The molecular formula is C14H17NO3. The summed E-state index contributed by atoms with van der Waals surface area (Å²) in [7, 11) is 1.61. The fourth-order valence-corrected chi connectivity index (χ4v) is 2.77. The number of nitrogens with one attached hydrogen (secondary N) is 1. The highest BCUT2D eigenvalue weighted by molar-refractivity contribution is 6.01. The molecule has 4 nitrogen and oxygen atoms in total. The topological polar surface area (TPSA) is 47.6 Å². The van der Waals surface area contributed by atoms with Gasteiger partial charge in [0.1, 0.15) is 11.5 Å². The highest BCUT2D eigenvalue weighted by Gasteiger charge is 2.45. The van der Waals surface area contributed by atoms with Gasteiger partial charge in [0.2, 0.25) is 0 Å². The number of benzene rings is 1. The van der Waals surface area contributed by atoms with Crippen LogP contribution in [0, 0.1) is 0 Å². The van der Waals surface area contributed by atoms with Crippen molar-refractivity contribution in [2.45, 2.75) is 37.7 Å². The summed E-state index contributed by atoms with van der Waals surface area (Å²) >= 11 is 0. The van der Waals surface area contributed by atoms with Crippen LogP contribution in [0.3, 0.4) is 0 Å². The first-order valence-corrected chi connectivity index (χ1v) is 6.42. The molecule has 0 radical (unpaired) electrons. The SMILES string of the molecule is COc1ccc2c(c1)NC(=O)C1(CCCCC1)O2. The number of anilines is 1. The van der Waals surface area contributed by atoms with Crippen molar-refractivity contribution in [3.05, 3.63) is 18.2 Å². The molecule has 1 aliphatic carbocycles. The van der Waals surface area contributed by atoms with Gasteiger partial charge in [-0.25, -0.2) is 0 Å². The zero-order chi connectivity index (χ0) is 12.6. The summed E-state index contributed by atoms with van der Waals surface area (Å²) in [5.74, 6) is 1.46. The zero-order valence-electron chi connectivity index (χ0n) is 10.5. The van der Waals surface area contributed by atoms with E-state index in [4.69, 9.17) is 9.47 Å². The molecule has 1 spiro atoms. The van der Waals surface area contributed by atoms with Crippen molar-refractivity contribution >= 4 is 11.6 Å². The number of amides is 1. The summed E-state index contributed by atoms with van der Waals surface area (Å²) in [6.07, 6.45) is 4.92. The number of rotatable bonds is 1. The molecule has 96 valence electrons. The zero-order valence-corrected chi connectivity index (χ0v) is 10.5. The van der Waals surface area contributed by atoms with Gasteiger partial charge in [-0.05, 0) is 37.8 Å². The van der Waals surface area contributed by atoms with Crippen LogP contribution in [0.1, 0.15) is 32.1 Å². The highest BCUT2D eigenvalue weighted by Crippen LogP contribution is 2.41. The van der Waals surface area contributed by atoms with E-state index < -0.39 is 5.60 Å². The molecule has 0 atom stereocenters. The highest BCUT2D eigenvalue weighted by atomic mass is 16.5. The van der Waals surface area contributed by atoms with Crippen LogP contribution in [0.25, 0.3) is 0 Å². The van der Waals surface area contributed by atoms with Gasteiger partial charge in [-0.2, -0.15) is 0 Å². The summed E-state index contributed by atoms with van der Waals surface area (Å²) in [4.78, 5) is 12.3. The first-order valence-electron chi connectivity index (χ1n) is 6.42. The molecule has 1 saturated carbocycles. The molecule has 1 aromatic carbocycles. The van der Waals surface area contributed by atoms with Gasteiger partial charge >= 0.3 is 0 Å². The summed E-state index contributed by atoms with van der Waals surface area (Å²) in [6, 6.07) is 5.51. The number of carbonyl (C=O) groups excluding carboxylic acids is 1. The largest absolute Gasteiger partial charge is 0.497 e. The van der Waals surface area contributed by atoms with Gasteiger partial charge in [-0.3, -0.25) is 4.79 Å². The number of methoxy groups -OCH3 is 1. The first kappa shape index (κ1) is 11.4. The quantitative estimate of drug-likeness (QED) is 0.830. The fourth-order valence-electron chi connectivity index (χ4n) is 2.77. The maximum Gasteiger partial charge on any atom is 0.268 e. The Labute approximate surface area is 106 Å². The molecule has 2 aliphatic rings. The minimum absolute atomic E-state index is 0.0112. The second kappa shape index (κ2) is 4.19. The van der Waals surface area contributed by atoms with Gasteiger partial charge in [-0.1, -0.05) is 6.42 Å². The Hall–Kier alpha value is -1.71. The third-order valence-corrected chi connectivity index (χ3v) is 3.82. The molecule has 1 N–H and O–H groups in total. The predicted octanol–water partition coefficient (Wildman–Crippen LogP) is 2.73. The molecule has 1 amide bonds. The van der Waals surface area contributed by atoms with Crippen LogP contribution >= 0.6 is 0 Å². The van der Waals surface area contributed by atoms with Crippen LogP contribution in [0.15, 0.2) is 18.2 Å². The van der Waals surface area contributed by atoms with Crippen LogP contribution in [-0.2, 0) is 4.79 Å². The minimum atomic E-state index is -0.639. The fraction of sp³-hybridized carbons (Fsp3) is 0.500. The second-order valence-electron chi connectivity index (χ2n) is 4.97. The number of carbonyl (C=O) groups is 1. The third-order valence-electron chi connectivity index (χ3n) is 3.82. The maximum absolute atomic E-state index is 12.3. The lowest BCUT2D eigenvalue weighted by Crippen LogP contribution is -2.51. The van der Waals surface area contributed by atoms with E-state index in [9.17, 15) is 4.79 Å². The smallest absolute Gasteiger partial charge is 0.268 e. The average Bonchev–Trinajstić information content (AvgIpc) is 2.41. The van der Waals surface area contributed by atoms with Gasteiger partial charge in [0, 0.05) is 6.07 Å². The molecule has 0 unspecified atom stereocenters. The maximum atomic E-state index is 12.3. The molecule has 3 rings (SSSR count). The average molecular weight is 247 g/mol. The molecule has 18 heavy (non-hydrogen) atoms. The number of ether oxygens (including phenoxy) is 2. The van der Waals surface area contributed by atoms with E-state index >= 15 is 0 Å². The van der Waals surface area contributed by atoms with E-state index in [2.05, 4.69) is 5.32 Å². The lowest BCUT2D eigenvalue weighted by Gasteiger charge is -2.39. The van der Waals surface area contributed by atoms with E-state index in [1.165, 1.54) is 6.42 Å². The lowest BCUT2D eigenvalue weighted by atomic mass is 9.83. The van der Waals surface area contributed by atoms with Gasteiger partial charge in [0.05, 0.1) is 12.8 Å². The number of hydrogen-bond donors (Lipinski definition) is 1. The number of hydrogen-bond acceptors (Lipinski definition) is 3. The Morgan fingerprint density at radius 3 is 2.78 bits per heavy atom. The van der Waals surface area contributed by atoms with Crippen molar-refractivity contribution in [2.24, 2.45) is 0 Å². The Kier molecular flexibility index (Phi) is 2.65. The molecule has 1 aliphatic heterocycles. The van der Waals surface area contributed by atoms with Gasteiger partial charge in [-0.15, -0.1) is 0 Å². The van der Waals surface area contributed by atoms with Crippen molar-refractivity contribution in [2.75, 3.05) is 12.4 Å². The van der Waals surface area contributed by atoms with E-state index in [-0.39, 0.29) is 5.91 Å². The van der Waals surface area contributed by atoms with Crippen LogP contribution in [0.2, 0.25) is 0 Å². The van der Waals surface area contributed by atoms with Crippen molar-refractivity contribution in [1.82, 2.24) is 0 Å². The first-order chi connectivity index (χ1) is 8.73. The van der Waals surface area contributed by atoms with Crippen molar-refractivity contribution in [1.29, 1.82) is 0 Å². The molecular weight excluding hydrogens is 230 g/mol. The number of fused-ring (bicyclic) bond motifs is 1. The Morgan fingerprint density at radius 1 is 1.28 bits per heavy atom. The van der Waals surface area contributed by atoms with E-state index in [0.29, 0.717) is 5.69 Å². The summed E-state index contributed by atoms with van der Waals surface area (Å²) in [6.45, 7) is 0. The van der Waals surface area contributed by atoms with Crippen LogP contribution in [0.4, 0.5) is 5.69 Å². The molecule has 0 aromatic heterocycles. The van der Waals surface area contributed by atoms with E-state index in [1.54, 1.807) is 13.2 Å². The summed E-state index contributed by atoms with van der Waals surface area (Å²) in [5.41, 5.74) is 0.0652. The lowest BCUT2D eigenvalue weighted by molar-refractivity contribution is -0.135. The van der Waals surface area contributed by atoms with Crippen LogP contribution in [-0.4, -0.2) is 18.6 Å². The Balaban J connectivity index is 1.94. The standard InChI is InChI=1S/C14H17NO3/c1-17-10-5-6-12-11(9-10)15-13(16)14(18-12)7-3-2-4-8-14/h5-6,9H,2-4,7-8H2,1H3,(H,15,16). The van der Waals surface area contributed by atoms with Gasteiger partial charge in [0.25, 0.3) is 5.91 Å². The second-order valence-corrected chi connectivity index (χ2v) is 4.97. The third kappa shape index (κ3) is 1.72. The van der Waals surface area contributed by atoms with Gasteiger partial charge < -0.3 is 14.8 Å².